The third kappa shape index (κ3) is 2.69. The Morgan fingerprint density at radius 1 is 1.27 bits per heavy atom. The Labute approximate surface area is 90.3 Å². The van der Waals surface area contributed by atoms with Crippen LogP contribution in [0.1, 0.15) is 32.4 Å². The Bertz CT molecular complexity index is 336. The van der Waals surface area contributed by atoms with Gasteiger partial charge >= 0.3 is 0 Å². The highest BCUT2D eigenvalue weighted by Gasteiger charge is 2.14. The fourth-order valence-corrected chi connectivity index (χ4v) is 1.46. The number of halogens is 1. The molecular formula is C12H18FNO. The molecule has 1 aromatic rings. The first kappa shape index (κ1) is 12.0. The van der Waals surface area contributed by atoms with Gasteiger partial charge in [0.2, 0.25) is 0 Å². The smallest absolute Gasteiger partial charge is 0.123 e. The average Bonchev–Trinajstić information content (AvgIpc) is 2.16. The summed E-state index contributed by atoms with van der Waals surface area (Å²) in [6.07, 6.45) is -0.656. The molecule has 1 atom stereocenters. The minimum atomic E-state index is -0.656. The Morgan fingerprint density at radius 3 is 2.33 bits per heavy atom. The lowest BCUT2D eigenvalue weighted by atomic mass is 10.1. The fourth-order valence-electron chi connectivity index (χ4n) is 1.46. The lowest BCUT2D eigenvalue weighted by Gasteiger charge is -2.27. The van der Waals surface area contributed by atoms with Gasteiger partial charge in [0.05, 0.1) is 6.10 Å². The van der Waals surface area contributed by atoms with E-state index in [1.165, 1.54) is 12.1 Å². The lowest BCUT2D eigenvalue weighted by molar-refractivity contribution is 0.199. The van der Waals surface area contributed by atoms with E-state index in [4.69, 9.17) is 0 Å². The van der Waals surface area contributed by atoms with Gasteiger partial charge in [0, 0.05) is 24.3 Å². The van der Waals surface area contributed by atoms with Crippen LogP contribution in [0.4, 0.5) is 10.1 Å². The van der Waals surface area contributed by atoms with E-state index in [1.807, 2.05) is 11.9 Å². The Kier molecular flexibility index (Phi) is 3.69. The molecule has 1 unspecified atom stereocenters. The predicted octanol–water partition coefficient (Wildman–Crippen LogP) is 2.72. The van der Waals surface area contributed by atoms with Crippen molar-refractivity contribution in [3.63, 3.8) is 0 Å². The first-order chi connectivity index (χ1) is 6.93. The molecule has 0 radical (unpaired) electrons. The molecular weight excluding hydrogens is 193 g/mol. The van der Waals surface area contributed by atoms with E-state index in [9.17, 15) is 9.50 Å². The van der Waals surface area contributed by atoms with Crippen LogP contribution in [0.15, 0.2) is 18.2 Å². The molecule has 0 bridgehead atoms. The lowest BCUT2D eigenvalue weighted by Crippen LogP contribution is -2.27. The van der Waals surface area contributed by atoms with Crippen molar-refractivity contribution in [1.82, 2.24) is 0 Å². The number of aliphatic hydroxyl groups is 1. The van der Waals surface area contributed by atoms with Crippen molar-refractivity contribution in [2.75, 3.05) is 11.9 Å². The molecule has 0 amide bonds. The Hall–Kier alpha value is -1.09. The van der Waals surface area contributed by atoms with E-state index in [2.05, 4.69) is 13.8 Å². The van der Waals surface area contributed by atoms with Gasteiger partial charge in [-0.3, -0.25) is 0 Å². The average molecular weight is 211 g/mol. The first-order valence-electron chi connectivity index (χ1n) is 5.13. The monoisotopic (exact) mass is 211 g/mol. The second-order valence-corrected chi connectivity index (χ2v) is 4.08. The van der Waals surface area contributed by atoms with Gasteiger partial charge in [0.25, 0.3) is 0 Å². The zero-order chi connectivity index (χ0) is 11.6. The molecule has 1 rings (SSSR count). The molecule has 1 aromatic carbocycles. The van der Waals surface area contributed by atoms with Gasteiger partial charge in [-0.2, -0.15) is 0 Å². The number of benzene rings is 1. The van der Waals surface area contributed by atoms with E-state index in [0.717, 1.165) is 5.69 Å². The van der Waals surface area contributed by atoms with Crippen LogP contribution in [-0.4, -0.2) is 18.2 Å². The van der Waals surface area contributed by atoms with E-state index >= 15 is 0 Å². The molecule has 0 spiro atoms. The van der Waals surface area contributed by atoms with Gasteiger partial charge in [0.15, 0.2) is 0 Å². The van der Waals surface area contributed by atoms with Crippen molar-refractivity contribution in [3.8, 4) is 0 Å². The van der Waals surface area contributed by atoms with E-state index in [0.29, 0.717) is 11.6 Å². The van der Waals surface area contributed by atoms with Crippen LogP contribution in [0.2, 0.25) is 0 Å². The number of hydrogen-bond donors (Lipinski definition) is 1. The molecule has 0 aliphatic rings. The summed E-state index contributed by atoms with van der Waals surface area (Å²) in [6, 6.07) is 4.82. The molecule has 0 saturated heterocycles. The topological polar surface area (TPSA) is 23.5 Å². The quantitative estimate of drug-likeness (QED) is 0.831. The van der Waals surface area contributed by atoms with Gasteiger partial charge < -0.3 is 10.0 Å². The molecule has 0 aromatic heterocycles. The number of anilines is 1. The number of nitrogens with zero attached hydrogens (tertiary/aromatic N) is 1. The van der Waals surface area contributed by atoms with Crippen LogP contribution in [0.3, 0.4) is 0 Å². The standard InChI is InChI=1S/C12H18FNO/c1-8(2)14(4)12-6-5-10(13)7-11(12)9(3)15/h5-9,15H,1-4H3. The van der Waals surface area contributed by atoms with Crippen molar-refractivity contribution in [3.05, 3.63) is 29.6 Å². The van der Waals surface area contributed by atoms with Gasteiger partial charge in [0.1, 0.15) is 5.82 Å². The maximum Gasteiger partial charge on any atom is 0.123 e. The summed E-state index contributed by atoms with van der Waals surface area (Å²) in [5.74, 6) is -0.313. The van der Waals surface area contributed by atoms with Crippen LogP contribution in [-0.2, 0) is 0 Å². The third-order valence-corrected chi connectivity index (χ3v) is 2.59. The van der Waals surface area contributed by atoms with Crippen molar-refractivity contribution in [2.24, 2.45) is 0 Å². The van der Waals surface area contributed by atoms with Crippen molar-refractivity contribution < 1.29 is 9.50 Å². The Morgan fingerprint density at radius 2 is 1.87 bits per heavy atom. The van der Waals surface area contributed by atoms with Crippen molar-refractivity contribution in [2.45, 2.75) is 32.9 Å². The highest BCUT2D eigenvalue weighted by atomic mass is 19.1. The number of rotatable bonds is 3. The molecule has 15 heavy (non-hydrogen) atoms. The molecule has 0 saturated carbocycles. The van der Waals surface area contributed by atoms with Crippen molar-refractivity contribution in [1.29, 1.82) is 0 Å². The minimum absolute atomic E-state index is 0.313. The van der Waals surface area contributed by atoms with E-state index in [-0.39, 0.29) is 5.82 Å². The normalized spacial score (nSPS) is 13.0. The van der Waals surface area contributed by atoms with Crippen LogP contribution in [0.5, 0.6) is 0 Å². The zero-order valence-electron chi connectivity index (χ0n) is 9.66. The molecule has 84 valence electrons. The molecule has 0 aliphatic carbocycles. The highest BCUT2D eigenvalue weighted by molar-refractivity contribution is 5.54. The zero-order valence-corrected chi connectivity index (χ0v) is 9.66. The molecule has 0 aliphatic heterocycles. The fraction of sp³-hybridized carbons (Fsp3) is 0.500. The highest BCUT2D eigenvalue weighted by Crippen LogP contribution is 2.27. The number of hydrogen-bond acceptors (Lipinski definition) is 2. The SMILES string of the molecule is CC(O)c1cc(F)ccc1N(C)C(C)C. The van der Waals surface area contributed by atoms with Crippen LogP contribution in [0.25, 0.3) is 0 Å². The summed E-state index contributed by atoms with van der Waals surface area (Å²) in [7, 11) is 1.93. The Balaban J connectivity index is 3.16. The molecule has 2 nitrogen and oxygen atoms in total. The number of aliphatic hydroxyl groups excluding tert-OH is 1. The summed E-state index contributed by atoms with van der Waals surface area (Å²) >= 11 is 0. The summed E-state index contributed by atoms with van der Waals surface area (Å²) < 4.78 is 13.0. The summed E-state index contributed by atoms with van der Waals surface area (Å²) in [5.41, 5.74) is 1.51. The van der Waals surface area contributed by atoms with Crippen LogP contribution < -0.4 is 4.90 Å². The first-order valence-corrected chi connectivity index (χ1v) is 5.13. The molecule has 0 heterocycles. The molecule has 0 fully saturated rings. The van der Waals surface area contributed by atoms with Crippen LogP contribution in [0, 0.1) is 5.82 Å². The van der Waals surface area contributed by atoms with Gasteiger partial charge in [-0.1, -0.05) is 0 Å². The summed E-state index contributed by atoms with van der Waals surface area (Å²) in [5, 5.41) is 9.57. The second kappa shape index (κ2) is 4.62. The van der Waals surface area contributed by atoms with E-state index < -0.39 is 6.10 Å². The minimum Gasteiger partial charge on any atom is -0.389 e. The maximum atomic E-state index is 13.0. The third-order valence-electron chi connectivity index (χ3n) is 2.59. The van der Waals surface area contributed by atoms with Crippen LogP contribution >= 0.6 is 0 Å². The second-order valence-electron chi connectivity index (χ2n) is 4.08. The molecule has 3 heteroatoms. The van der Waals surface area contributed by atoms with Gasteiger partial charge in [-0.05, 0) is 39.0 Å². The summed E-state index contributed by atoms with van der Waals surface area (Å²) in [4.78, 5) is 2.02. The summed E-state index contributed by atoms with van der Waals surface area (Å²) in [6.45, 7) is 5.75. The van der Waals surface area contributed by atoms with Gasteiger partial charge in [-0.25, -0.2) is 4.39 Å². The van der Waals surface area contributed by atoms with Crippen molar-refractivity contribution >= 4 is 5.69 Å². The largest absolute Gasteiger partial charge is 0.389 e. The van der Waals surface area contributed by atoms with E-state index in [1.54, 1.807) is 13.0 Å². The maximum absolute atomic E-state index is 13.0. The van der Waals surface area contributed by atoms with Gasteiger partial charge in [-0.15, -0.1) is 0 Å². The predicted molar refractivity (Wildman–Crippen MR) is 60.6 cm³/mol. The molecule has 1 N–H and O–H groups in total.